The molecule has 0 N–H and O–H groups in total. The van der Waals surface area contributed by atoms with E-state index in [9.17, 15) is 0 Å². The number of aromatic nitrogens is 6. The highest BCUT2D eigenvalue weighted by Crippen LogP contribution is 2.39. The van der Waals surface area contributed by atoms with Gasteiger partial charge in [0.25, 0.3) is 0 Å². The number of allylic oxidation sites excluding steroid dienone is 9. The van der Waals surface area contributed by atoms with Crippen LogP contribution < -0.4 is 4.74 Å². The first-order valence-corrected chi connectivity index (χ1v) is 22.6. The number of nitrogens with zero attached hydrogens (tertiary/aromatic N) is 6. The average molecular weight is 873 g/mol. The van der Waals surface area contributed by atoms with Gasteiger partial charge in [-0.05, 0) is 72.2 Å². The van der Waals surface area contributed by atoms with E-state index in [1.165, 1.54) is 0 Å². The van der Waals surface area contributed by atoms with Crippen molar-refractivity contribution in [3.63, 3.8) is 0 Å². The van der Waals surface area contributed by atoms with E-state index in [2.05, 4.69) is 137 Å². The molecule has 0 bridgehead atoms. The minimum Gasteiger partial charge on any atom is -0.457 e. The van der Waals surface area contributed by atoms with Crippen molar-refractivity contribution in [1.29, 1.82) is 0 Å². The molecule has 1 atom stereocenters. The standard InChI is InChI=1S/C60H52N6O/c1-7-18-44(19-8-2)53-61-54(45-20-12-9-13-21-45)63-55(62-53)47-28-24-41(25-29-47)42-32-35-50(36-33-42)67-52-37-34-49(40-51(52)59(3,4)5)43-26-30-48(31-27-43)57-64-56(46-22-14-10-15-23-46)65-58(66-57)60(6)38-16-11-17-39-60/h7-38,40H,1,39H2,2-6H3/b19-8-,44-18+. The molecular formula is C60H52N6O. The normalized spacial score (nSPS) is 14.9. The number of benzene rings is 6. The SMILES string of the molecule is C=C/C=C(\C=C/C)c1nc(-c2ccccc2)nc(-c2ccc(-c3ccc(Oc4ccc(-c5ccc(-c6nc(-c7ccccc7)nc(C7(C)C=CC=CC7)n6)cc5)cc4C(C)(C)C)cc3)cc2)n1. The zero-order valence-electron chi connectivity index (χ0n) is 38.6. The summed E-state index contributed by atoms with van der Waals surface area (Å²) in [4.78, 5) is 29.6. The van der Waals surface area contributed by atoms with Crippen molar-refractivity contribution in [2.45, 2.75) is 51.9 Å². The molecule has 1 unspecified atom stereocenters. The first-order chi connectivity index (χ1) is 32.6. The van der Waals surface area contributed by atoms with E-state index in [1.54, 1.807) is 6.08 Å². The maximum absolute atomic E-state index is 6.63. The van der Waals surface area contributed by atoms with Crippen LogP contribution in [0.2, 0.25) is 0 Å². The summed E-state index contributed by atoms with van der Waals surface area (Å²) in [6, 6.07) is 51.6. The fourth-order valence-electron chi connectivity index (χ4n) is 8.08. The maximum Gasteiger partial charge on any atom is 0.164 e. The molecule has 1 aliphatic carbocycles. The summed E-state index contributed by atoms with van der Waals surface area (Å²) in [5, 5.41) is 0. The average Bonchev–Trinajstić information content (AvgIpc) is 3.37. The van der Waals surface area contributed by atoms with Crippen molar-refractivity contribution in [1.82, 2.24) is 29.9 Å². The number of hydrogen-bond donors (Lipinski definition) is 0. The molecule has 0 spiro atoms. The minimum atomic E-state index is -0.324. The Morgan fingerprint density at radius 1 is 0.567 bits per heavy atom. The van der Waals surface area contributed by atoms with Crippen LogP contribution in [-0.2, 0) is 10.8 Å². The van der Waals surface area contributed by atoms with Crippen molar-refractivity contribution in [2.24, 2.45) is 0 Å². The molecule has 8 aromatic rings. The molecule has 2 aromatic heterocycles. The molecule has 9 rings (SSSR count). The summed E-state index contributed by atoms with van der Waals surface area (Å²) in [5.41, 5.74) is 9.52. The van der Waals surface area contributed by atoms with Crippen LogP contribution in [0, 0.1) is 0 Å². The van der Waals surface area contributed by atoms with Gasteiger partial charge in [-0.25, -0.2) is 29.9 Å². The molecule has 7 heteroatoms. The van der Waals surface area contributed by atoms with E-state index in [1.807, 2.05) is 97.9 Å². The van der Waals surface area contributed by atoms with Crippen LogP contribution in [0.15, 0.2) is 207 Å². The predicted octanol–water partition coefficient (Wildman–Crippen LogP) is 15.1. The lowest BCUT2D eigenvalue weighted by molar-refractivity contribution is 0.455. The molecule has 0 aliphatic heterocycles. The molecule has 0 saturated carbocycles. The van der Waals surface area contributed by atoms with Crippen molar-refractivity contribution >= 4 is 5.57 Å². The van der Waals surface area contributed by atoms with Crippen molar-refractivity contribution < 1.29 is 4.74 Å². The van der Waals surface area contributed by atoms with Crippen molar-refractivity contribution in [3.8, 4) is 79.3 Å². The van der Waals surface area contributed by atoms with Gasteiger partial charge in [0.1, 0.15) is 17.3 Å². The van der Waals surface area contributed by atoms with E-state index in [0.717, 1.165) is 79.4 Å². The summed E-state index contributed by atoms with van der Waals surface area (Å²) in [5.74, 6) is 5.47. The fourth-order valence-corrected chi connectivity index (χ4v) is 8.08. The Kier molecular flexibility index (Phi) is 12.6. The van der Waals surface area contributed by atoms with Gasteiger partial charge < -0.3 is 4.74 Å². The Morgan fingerprint density at radius 3 is 1.54 bits per heavy atom. The summed E-state index contributed by atoms with van der Waals surface area (Å²) >= 11 is 0. The van der Waals surface area contributed by atoms with Gasteiger partial charge in [0.15, 0.2) is 29.1 Å². The molecule has 2 heterocycles. The number of ether oxygens (including phenoxy) is 1. The van der Waals surface area contributed by atoms with Gasteiger partial charge in [-0.15, -0.1) is 0 Å². The second kappa shape index (κ2) is 19.1. The van der Waals surface area contributed by atoms with Crippen LogP contribution in [0.4, 0.5) is 0 Å². The molecule has 0 amide bonds. The van der Waals surface area contributed by atoms with Crippen LogP contribution in [0.5, 0.6) is 11.5 Å². The fraction of sp³-hybridized carbons (Fsp3) is 0.133. The lowest BCUT2D eigenvalue weighted by Crippen LogP contribution is -2.24. The second-order valence-corrected chi connectivity index (χ2v) is 17.9. The van der Waals surface area contributed by atoms with Crippen LogP contribution in [-0.4, -0.2) is 29.9 Å². The molecule has 328 valence electrons. The lowest BCUT2D eigenvalue weighted by atomic mass is 9.83. The number of rotatable bonds is 12. The van der Waals surface area contributed by atoms with Crippen molar-refractivity contribution in [2.75, 3.05) is 0 Å². The predicted molar refractivity (Wildman–Crippen MR) is 274 cm³/mol. The van der Waals surface area contributed by atoms with Crippen LogP contribution in [0.25, 0.3) is 73.4 Å². The highest BCUT2D eigenvalue weighted by atomic mass is 16.5. The van der Waals surface area contributed by atoms with Gasteiger partial charge in [0.05, 0.1) is 0 Å². The van der Waals surface area contributed by atoms with E-state index in [4.69, 9.17) is 34.6 Å². The van der Waals surface area contributed by atoms with Gasteiger partial charge in [-0.1, -0.05) is 203 Å². The van der Waals surface area contributed by atoms with E-state index < -0.39 is 0 Å². The quantitative estimate of drug-likeness (QED) is 0.113. The Hall–Kier alpha value is -8.16. The Balaban J connectivity index is 0.944. The van der Waals surface area contributed by atoms with Crippen LogP contribution in [0.1, 0.15) is 58.3 Å². The van der Waals surface area contributed by atoms with E-state index in [0.29, 0.717) is 29.1 Å². The zero-order chi connectivity index (χ0) is 46.4. The zero-order valence-corrected chi connectivity index (χ0v) is 38.6. The van der Waals surface area contributed by atoms with Crippen molar-refractivity contribution in [3.05, 3.63) is 224 Å². The third-order valence-corrected chi connectivity index (χ3v) is 11.8. The van der Waals surface area contributed by atoms with E-state index in [-0.39, 0.29) is 10.8 Å². The summed E-state index contributed by atoms with van der Waals surface area (Å²) < 4.78 is 6.63. The Labute approximate surface area is 393 Å². The largest absolute Gasteiger partial charge is 0.457 e. The molecule has 6 aromatic carbocycles. The molecule has 7 nitrogen and oxygen atoms in total. The first-order valence-electron chi connectivity index (χ1n) is 22.6. The minimum absolute atomic E-state index is 0.182. The molecule has 0 saturated heterocycles. The summed E-state index contributed by atoms with van der Waals surface area (Å²) in [6.07, 6.45) is 16.9. The molecule has 0 radical (unpaired) electrons. The molecule has 67 heavy (non-hydrogen) atoms. The molecular weight excluding hydrogens is 821 g/mol. The number of hydrogen-bond acceptors (Lipinski definition) is 7. The van der Waals surface area contributed by atoms with Gasteiger partial charge >= 0.3 is 0 Å². The molecule has 0 fully saturated rings. The maximum atomic E-state index is 6.63. The summed E-state index contributed by atoms with van der Waals surface area (Å²) in [6.45, 7) is 14.7. The Morgan fingerprint density at radius 2 is 1.04 bits per heavy atom. The first kappa shape index (κ1) is 44.1. The topological polar surface area (TPSA) is 86.6 Å². The van der Waals surface area contributed by atoms with Gasteiger partial charge in [0, 0.05) is 38.8 Å². The third kappa shape index (κ3) is 9.92. The van der Waals surface area contributed by atoms with Crippen LogP contribution >= 0.6 is 0 Å². The highest BCUT2D eigenvalue weighted by molar-refractivity contribution is 5.75. The smallest absolute Gasteiger partial charge is 0.164 e. The summed E-state index contributed by atoms with van der Waals surface area (Å²) in [7, 11) is 0. The third-order valence-electron chi connectivity index (χ3n) is 11.8. The highest BCUT2D eigenvalue weighted by Gasteiger charge is 2.29. The van der Waals surface area contributed by atoms with Crippen LogP contribution in [0.3, 0.4) is 0 Å². The monoisotopic (exact) mass is 872 g/mol. The second-order valence-electron chi connectivity index (χ2n) is 17.9. The van der Waals surface area contributed by atoms with Gasteiger partial charge in [-0.2, -0.15) is 0 Å². The van der Waals surface area contributed by atoms with Gasteiger partial charge in [-0.3, -0.25) is 0 Å². The van der Waals surface area contributed by atoms with E-state index >= 15 is 0 Å². The molecule has 1 aliphatic rings. The van der Waals surface area contributed by atoms with Gasteiger partial charge in [0.2, 0.25) is 0 Å². The Bertz CT molecular complexity index is 3160. The lowest BCUT2D eigenvalue weighted by Gasteiger charge is -2.25.